The summed E-state index contributed by atoms with van der Waals surface area (Å²) in [4.78, 5) is 4.54. The molecule has 3 rings (SSSR count). The maximum absolute atomic E-state index is 9.19. The van der Waals surface area contributed by atoms with E-state index < -0.39 is 0 Å². The first-order valence-electron chi connectivity index (χ1n) is 7.41. The number of rotatable bonds is 6. The smallest absolute Gasteiger partial charge is 0.175 e. The number of hydrogen-bond acceptors (Lipinski definition) is 6. The number of aliphatic imine (C=N–C) groups is 1. The van der Waals surface area contributed by atoms with Crippen molar-refractivity contribution in [3.8, 4) is 0 Å². The first-order chi connectivity index (χ1) is 10.7. The summed E-state index contributed by atoms with van der Waals surface area (Å²) >= 11 is 0. The van der Waals surface area contributed by atoms with Gasteiger partial charge >= 0.3 is 0 Å². The topological polar surface area (TPSA) is 104 Å². The zero-order valence-electron chi connectivity index (χ0n) is 13.3. The minimum Gasteiger partial charge on any atom is -0.391 e. The summed E-state index contributed by atoms with van der Waals surface area (Å²) < 4.78 is 1.89. The second-order valence-corrected chi connectivity index (χ2v) is 5.23. The van der Waals surface area contributed by atoms with E-state index in [1.807, 2.05) is 11.6 Å². The number of nitrogens with one attached hydrogen (secondary N) is 1. The predicted molar refractivity (Wildman–Crippen MR) is 81.7 cm³/mol. The van der Waals surface area contributed by atoms with Gasteiger partial charge in [0, 0.05) is 44.7 Å². The van der Waals surface area contributed by atoms with Crippen molar-refractivity contribution in [1.82, 2.24) is 20.0 Å². The molecule has 0 amide bonds. The second-order valence-electron chi connectivity index (χ2n) is 5.23. The van der Waals surface area contributed by atoms with Gasteiger partial charge in [-0.1, -0.05) is 13.3 Å². The van der Waals surface area contributed by atoms with Crippen LogP contribution in [0.25, 0.3) is 0 Å². The first kappa shape index (κ1) is 18.1. The van der Waals surface area contributed by atoms with Crippen LogP contribution in [-0.2, 0) is 45.9 Å². The van der Waals surface area contributed by atoms with Crippen molar-refractivity contribution < 1.29 is 37.8 Å². The number of nitrogens with zero attached hydrogens (tertiary/aromatic N) is 6. The monoisotopic (exact) mass is 390 g/mol. The molecule has 119 valence electrons. The molecule has 23 heavy (non-hydrogen) atoms. The number of hydrogen-bond donors (Lipinski definition) is 2. The molecule has 0 bridgehead atoms. The molecule has 1 aliphatic heterocycles. The van der Waals surface area contributed by atoms with E-state index in [2.05, 4.69) is 37.4 Å². The Bertz CT molecular complexity index is 732. The van der Waals surface area contributed by atoms with Gasteiger partial charge in [0.05, 0.1) is 30.7 Å². The molecule has 9 heteroatoms. The Kier molecular flexibility index (Phi) is 6.32. The van der Waals surface area contributed by atoms with Crippen molar-refractivity contribution in [2.75, 3.05) is 0 Å². The number of aliphatic hydroxyl groups excluding tert-OH is 1. The number of azo groups is 1. The largest absolute Gasteiger partial charge is 0.391 e. The van der Waals surface area contributed by atoms with Gasteiger partial charge in [-0.15, -0.1) is 10.2 Å². The van der Waals surface area contributed by atoms with Gasteiger partial charge in [0.1, 0.15) is 11.5 Å². The van der Waals surface area contributed by atoms with Gasteiger partial charge in [-0.3, -0.25) is 10.1 Å². The van der Waals surface area contributed by atoms with Gasteiger partial charge in [0.25, 0.3) is 0 Å². The minimum atomic E-state index is -0.125. The van der Waals surface area contributed by atoms with Gasteiger partial charge in [0.15, 0.2) is 5.82 Å². The van der Waals surface area contributed by atoms with E-state index in [4.69, 9.17) is 0 Å². The van der Waals surface area contributed by atoms with Crippen LogP contribution in [0.1, 0.15) is 43.1 Å². The van der Waals surface area contributed by atoms with Crippen LogP contribution in [0.2, 0.25) is 0 Å². The molecule has 1 radical (unpaired) electrons. The summed E-state index contributed by atoms with van der Waals surface area (Å²) in [6, 6.07) is 0. The summed E-state index contributed by atoms with van der Waals surface area (Å²) in [5.74, 6) is 1.46. The Balaban J connectivity index is 0.00000192. The quantitative estimate of drug-likeness (QED) is 0.741. The van der Waals surface area contributed by atoms with E-state index in [1.165, 1.54) is 6.20 Å². The fourth-order valence-corrected chi connectivity index (χ4v) is 2.41. The first-order valence-corrected chi connectivity index (χ1v) is 7.41. The van der Waals surface area contributed by atoms with Crippen LogP contribution in [0.15, 0.2) is 21.4 Å². The van der Waals surface area contributed by atoms with Crippen LogP contribution in [0.3, 0.4) is 0 Å². The molecular weight excluding hydrogens is 371 g/mol. The van der Waals surface area contributed by atoms with Gasteiger partial charge in [-0.25, -0.2) is 4.68 Å². The number of fused-ring (bicyclic) bond motifs is 1. The van der Waals surface area contributed by atoms with E-state index in [0.29, 0.717) is 17.9 Å². The Morgan fingerprint density at radius 1 is 1.39 bits per heavy atom. The Morgan fingerprint density at radius 3 is 2.96 bits per heavy atom. The zero-order chi connectivity index (χ0) is 15.5. The molecule has 8 nitrogen and oxygen atoms in total. The third kappa shape index (κ3) is 3.64. The second kappa shape index (κ2) is 8.03. The molecule has 0 aliphatic carbocycles. The van der Waals surface area contributed by atoms with Crippen LogP contribution < -0.4 is 0 Å². The SMILES string of the molecule is CCCCC1=NCc2c(N=Nc3[nH]ncc3CO)c(C)nn21.[Y]. The van der Waals surface area contributed by atoms with Crippen LogP contribution in [0.5, 0.6) is 0 Å². The number of unbranched alkanes of at least 4 members (excludes halogenated alkanes) is 1. The number of aromatic nitrogens is 4. The van der Waals surface area contributed by atoms with Crippen LogP contribution in [0.4, 0.5) is 11.5 Å². The molecule has 0 saturated heterocycles. The summed E-state index contributed by atoms with van der Waals surface area (Å²) in [6.07, 6.45) is 4.69. The maximum atomic E-state index is 9.19. The van der Waals surface area contributed by atoms with Crippen molar-refractivity contribution in [3.05, 3.63) is 23.1 Å². The molecule has 0 spiro atoms. The normalized spacial score (nSPS) is 13.3. The fourth-order valence-electron chi connectivity index (χ4n) is 2.41. The van der Waals surface area contributed by atoms with Crippen molar-refractivity contribution >= 4 is 17.3 Å². The molecule has 0 unspecified atom stereocenters. The third-order valence-corrected chi connectivity index (χ3v) is 3.65. The van der Waals surface area contributed by atoms with Gasteiger partial charge in [0.2, 0.25) is 0 Å². The Morgan fingerprint density at radius 2 is 2.22 bits per heavy atom. The predicted octanol–water partition coefficient (Wildman–Crippen LogP) is 2.77. The molecule has 2 N–H and O–H groups in total. The molecule has 1 aliphatic rings. The standard InChI is InChI=1S/C14H19N7O.Y/c1-3-4-5-12-15-7-11-13(9(2)20-21(11)12)17-19-14-10(8-22)6-16-18-14;/h6,22H,3-5,7-8H2,1-2H3,(H,16,18);. The summed E-state index contributed by atoms with van der Waals surface area (Å²) in [5.41, 5.74) is 3.16. The molecule has 0 aromatic carbocycles. The van der Waals surface area contributed by atoms with Crippen LogP contribution in [0, 0.1) is 6.92 Å². The maximum Gasteiger partial charge on any atom is 0.175 e. The fraction of sp³-hybridized carbons (Fsp3) is 0.500. The molecule has 0 atom stereocenters. The van der Waals surface area contributed by atoms with E-state index in [-0.39, 0.29) is 39.3 Å². The molecule has 0 saturated carbocycles. The number of H-pyrrole nitrogens is 1. The van der Waals surface area contributed by atoms with E-state index in [1.54, 1.807) is 0 Å². The van der Waals surface area contributed by atoms with Crippen molar-refractivity contribution in [3.63, 3.8) is 0 Å². The van der Waals surface area contributed by atoms with Gasteiger partial charge in [-0.2, -0.15) is 10.2 Å². The summed E-state index contributed by atoms with van der Waals surface area (Å²) in [5, 5.41) is 28.7. The van der Waals surface area contributed by atoms with Crippen LogP contribution >= 0.6 is 0 Å². The summed E-state index contributed by atoms with van der Waals surface area (Å²) in [6.45, 7) is 4.54. The van der Waals surface area contributed by atoms with Crippen molar-refractivity contribution in [2.45, 2.75) is 46.3 Å². The van der Waals surface area contributed by atoms with Crippen molar-refractivity contribution in [2.24, 2.45) is 15.2 Å². The minimum absolute atomic E-state index is 0. The van der Waals surface area contributed by atoms with Gasteiger partial charge < -0.3 is 5.11 Å². The van der Waals surface area contributed by atoms with Crippen molar-refractivity contribution in [1.29, 1.82) is 0 Å². The Hall–Kier alpha value is -1.25. The molecule has 2 aromatic rings. The number of aromatic amines is 1. The van der Waals surface area contributed by atoms with E-state index in [9.17, 15) is 5.11 Å². The molecule has 3 heterocycles. The van der Waals surface area contributed by atoms with E-state index in [0.717, 1.165) is 42.2 Å². The number of aliphatic hydroxyl groups is 1. The zero-order valence-corrected chi connectivity index (χ0v) is 16.2. The van der Waals surface area contributed by atoms with E-state index >= 15 is 0 Å². The molecule has 2 aromatic heterocycles. The average Bonchev–Trinajstić information content (AvgIpc) is 3.19. The summed E-state index contributed by atoms with van der Waals surface area (Å²) in [7, 11) is 0. The average molecular weight is 390 g/mol. The third-order valence-electron chi connectivity index (χ3n) is 3.65. The van der Waals surface area contributed by atoms with Gasteiger partial charge in [-0.05, 0) is 13.3 Å². The molecular formula is C14H19N7OY. The number of aryl methyl sites for hydroxylation is 1. The van der Waals surface area contributed by atoms with Crippen LogP contribution in [-0.4, -0.2) is 30.9 Å². The Labute approximate surface area is 159 Å². The molecule has 0 fully saturated rings.